The minimum atomic E-state index is -0.814. The van der Waals surface area contributed by atoms with Crippen LogP contribution < -0.4 is 5.73 Å². The van der Waals surface area contributed by atoms with Gasteiger partial charge in [0.1, 0.15) is 0 Å². The summed E-state index contributed by atoms with van der Waals surface area (Å²) < 4.78 is 1.90. The van der Waals surface area contributed by atoms with E-state index in [2.05, 4.69) is 5.10 Å². The number of hydrogen-bond donors (Lipinski definition) is 2. The summed E-state index contributed by atoms with van der Waals surface area (Å²) in [6, 6.07) is 0.399. The number of carbonyl (C=O) groups is 1. The molecule has 1 aliphatic carbocycles. The van der Waals surface area contributed by atoms with E-state index in [0.717, 1.165) is 31.4 Å². The summed E-state index contributed by atoms with van der Waals surface area (Å²) in [5.74, 6) is -0.220. The van der Waals surface area contributed by atoms with Crippen LogP contribution in [0.4, 0.5) is 0 Å². The smallest absolute Gasteiger partial charge is 0.307 e. The van der Waals surface area contributed by atoms with Gasteiger partial charge in [-0.15, -0.1) is 0 Å². The molecule has 0 radical (unpaired) electrons. The quantitative estimate of drug-likeness (QED) is 0.791. The maximum absolute atomic E-state index is 10.5. The first-order chi connectivity index (χ1) is 7.69. The minimum absolute atomic E-state index is 0.0486. The van der Waals surface area contributed by atoms with Crippen molar-refractivity contribution in [2.24, 2.45) is 11.7 Å². The number of nitrogens with two attached hydrogens (primary N) is 1. The molecule has 0 aromatic carbocycles. The largest absolute Gasteiger partial charge is 0.481 e. The number of carboxylic acids is 1. The lowest BCUT2D eigenvalue weighted by Crippen LogP contribution is -2.12. The minimum Gasteiger partial charge on any atom is -0.481 e. The van der Waals surface area contributed by atoms with Crippen LogP contribution in [0.3, 0.4) is 0 Å². The molecule has 5 heteroatoms. The molecule has 2 rings (SSSR count). The molecule has 2 unspecified atom stereocenters. The molecule has 0 bridgehead atoms. The van der Waals surface area contributed by atoms with Crippen LogP contribution in [-0.4, -0.2) is 27.4 Å². The van der Waals surface area contributed by atoms with Crippen molar-refractivity contribution < 1.29 is 9.90 Å². The van der Waals surface area contributed by atoms with E-state index >= 15 is 0 Å². The van der Waals surface area contributed by atoms with Crippen molar-refractivity contribution >= 4 is 5.97 Å². The molecule has 1 saturated carbocycles. The molecule has 1 aromatic heterocycles. The van der Waals surface area contributed by atoms with E-state index in [1.54, 1.807) is 6.20 Å². The molecular formula is C11H17N3O2. The Labute approximate surface area is 94.2 Å². The SMILES string of the molecule is NCC1CCC(n2cc(CC(=O)O)cn2)C1. The molecular weight excluding hydrogens is 206 g/mol. The van der Waals surface area contributed by atoms with Gasteiger partial charge in [-0.3, -0.25) is 9.48 Å². The fourth-order valence-electron chi connectivity index (χ4n) is 2.35. The Kier molecular flexibility index (Phi) is 3.24. The maximum Gasteiger partial charge on any atom is 0.307 e. The van der Waals surface area contributed by atoms with E-state index in [4.69, 9.17) is 10.8 Å². The second-order valence-corrected chi connectivity index (χ2v) is 4.47. The lowest BCUT2D eigenvalue weighted by atomic mass is 10.1. The average molecular weight is 223 g/mol. The number of aromatic nitrogens is 2. The van der Waals surface area contributed by atoms with Gasteiger partial charge >= 0.3 is 5.97 Å². The van der Waals surface area contributed by atoms with Crippen LogP contribution in [0, 0.1) is 5.92 Å². The highest BCUT2D eigenvalue weighted by Gasteiger charge is 2.25. The summed E-state index contributed by atoms with van der Waals surface area (Å²) in [7, 11) is 0. The molecule has 0 spiro atoms. The monoisotopic (exact) mass is 223 g/mol. The van der Waals surface area contributed by atoms with Gasteiger partial charge in [0, 0.05) is 11.8 Å². The number of hydrogen-bond acceptors (Lipinski definition) is 3. The summed E-state index contributed by atoms with van der Waals surface area (Å²) in [4.78, 5) is 10.5. The number of rotatable bonds is 4. The van der Waals surface area contributed by atoms with Crippen LogP contribution >= 0.6 is 0 Å². The van der Waals surface area contributed by atoms with Gasteiger partial charge in [-0.25, -0.2) is 0 Å². The second kappa shape index (κ2) is 4.65. The molecule has 5 nitrogen and oxygen atoms in total. The Morgan fingerprint density at radius 2 is 2.44 bits per heavy atom. The Morgan fingerprint density at radius 1 is 1.62 bits per heavy atom. The van der Waals surface area contributed by atoms with Gasteiger partial charge < -0.3 is 10.8 Å². The van der Waals surface area contributed by atoms with Gasteiger partial charge in [-0.1, -0.05) is 0 Å². The summed E-state index contributed by atoms with van der Waals surface area (Å²) in [5, 5.41) is 12.9. The molecule has 3 N–H and O–H groups in total. The van der Waals surface area contributed by atoms with Gasteiger partial charge in [0.15, 0.2) is 0 Å². The third kappa shape index (κ3) is 2.41. The predicted molar refractivity (Wildman–Crippen MR) is 59.0 cm³/mol. The van der Waals surface area contributed by atoms with Gasteiger partial charge in [-0.2, -0.15) is 5.10 Å². The van der Waals surface area contributed by atoms with Crippen molar-refractivity contribution in [1.29, 1.82) is 0 Å². The van der Waals surface area contributed by atoms with Crippen LogP contribution in [-0.2, 0) is 11.2 Å². The number of aliphatic carboxylic acids is 1. The molecule has 0 amide bonds. The molecule has 1 fully saturated rings. The van der Waals surface area contributed by atoms with E-state index in [9.17, 15) is 4.79 Å². The average Bonchev–Trinajstić information content (AvgIpc) is 2.83. The molecule has 16 heavy (non-hydrogen) atoms. The van der Waals surface area contributed by atoms with Crippen molar-refractivity contribution in [3.63, 3.8) is 0 Å². The van der Waals surface area contributed by atoms with Crippen LogP contribution in [0.15, 0.2) is 12.4 Å². The van der Waals surface area contributed by atoms with Gasteiger partial charge in [0.2, 0.25) is 0 Å². The first-order valence-corrected chi connectivity index (χ1v) is 5.64. The summed E-state index contributed by atoms with van der Waals surface area (Å²) in [5.41, 5.74) is 6.41. The molecule has 1 aliphatic rings. The Bertz CT molecular complexity index is 375. The molecule has 1 aromatic rings. The van der Waals surface area contributed by atoms with Gasteiger partial charge in [0.25, 0.3) is 0 Å². The van der Waals surface area contributed by atoms with Crippen molar-refractivity contribution in [2.45, 2.75) is 31.7 Å². The molecule has 0 aliphatic heterocycles. The molecule has 0 saturated heterocycles. The third-order valence-electron chi connectivity index (χ3n) is 3.23. The lowest BCUT2D eigenvalue weighted by Gasteiger charge is -2.10. The maximum atomic E-state index is 10.5. The Balaban J connectivity index is 1.99. The third-order valence-corrected chi connectivity index (χ3v) is 3.23. The predicted octanol–water partition coefficient (Wildman–Crippen LogP) is 0.810. The summed E-state index contributed by atoms with van der Waals surface area (Å²) in [6.07, 6.45) is 6.84. The Morgan fingerprint density at radius 3 is 3.06 bits per heavy atom. The van der Waals surface area contributed by atoms with Crippen molar-refractivity contribution in [3.8, 4) is 0 Å². The molecule has 2 atom stereocenters. The lowest BCUT2D eigenvalue weighted by molar-refractivity contribution is -0.136. The number of carboxylic acid groups (broad SMARTS) is 1. The van der Waals surface area contributed by atoms with Crippen LogP contribution in [0.1, 0.15) is 30.9 Å². The van der Waals surface area contributed by atoms with Crippen LogP contribution in [0.5, 0.6) is 0 Å². The highest BCUT2D eigenvalue weighted by Crippen LogP contribution is 2.33. The van der Waals surface area contributed by atoms with Crippen LogP contribution in [0.25, 0.3) is 0 Å². The molecule has 88 valence electrons. The summed E-state index contributed by atoms with van der Waals surface area (Å²) in [6.45, 7) is 0.736. The van der Waals surface area contributed by atoms with Crippen molar-refractivity contribution in [2.75, 3.05) is 6.54 Å². The first kappa shape index (κ1) is 11.1. The summed E-state index contributed by atoms with van der Waals surface area (Å²) >= 11 is 0. The van der Waals surface area contributed by atoms with Gasteiger partial charge in [-0.05, 0) is 31.7 Å². The second-order valence-electron chi connectivity index (χ2n) is 4.47. The zero-order chi connectivity index (χ0) is 11.5. The highest BCUT2D eigenvalue weighted by atomic mass is 16.4. The zero-order valence-corrected chi connectivity index (χ0v) is 9.17. The van der Waals surface area contributed by atoms with Crippen molar-refractivity contribution in [3.05, 3.63) is 18.0 Å². The van der Waals surface area contributed by atoms with E-state index < -0.39 is 5.97 Å². The van der Waals surface area contributed by atoms with E-state index in [1.807, 2.05) is 10.9 Å². The van der Waals surface area contributed by atoms with Gasteiger partial charge in [0.05, 0.1) is 18.7 Å². The Hall–Kier alpha value is -1.36. The fraction of sp³-hybridized carbons (Fsp3) is 0.636. The van der Waals surface area contributed by atoms with E-state index in [1.165, 1.54) is 0 Å². The van der Waals surface area contributed by atoms with Crippen LogP contribution in [0.2, 0.25) is 0 Å². The standard InChI is InChI=1S/C11H17N3O2/c12-5-8-1-2-10(3-8)14-7-9(6-13-14)4-11(15)16/h6-8,10H,1-5,12H2,(H,15,16). The normalized spacial score (nSPS) is 24.8. The van der Waals surface area contributed by atoms with Crippen molar-refractivity contribution in [1.82, 2.24) is 9.78 Å². The fourth-order valence-corrected chi connectivity index (χ4v) is 2.35. The number of nitrogens with zero attached hydrogens (tertiary/aromatic N) is 2. The highest BCUT2D eigenvalue weighted by molar-refractivity contribution is 5.69. The molecule has 1 heterocycles. The van der Waals surface area contributed by atoms with E-state index in [0.29, 0.717) is 12.0 Å². The topological polar surface area (TPSA) is 81.1 Å². The van der Waals surface area contributed by atoms with E-state index in [-0.39, 0.29) is 6.42 Å². The zero-order valence-electron chi connectivity index (χ0n) is 9.17. The first-order valence-electron chi connectivity index (χ1n) is 5.64.